The van der Waals surface area contributed by atoms with Gasteiger partial charge in [-0.05, 0) is 29.5 Å². The molecule has 0 saturated carbocycles. The molecule has 0 amide bonds. The highest BCUT2D eigenvalue weighted by atomic mass is 32.1. The summed E-state index contributed by atoms with van der Waals surface area (Å²) >= 11 is 5.77. The Labute approximate surface area is 118 Å². The Kier molecular flexibility index (Phi) is 2.46. The number of anilines is 1. The average molecular weight is 265 g/mol. The number of benzene rings is 2. The molecular weight excluding hydrogens is 250 g/mol. The van der Waals surface area contributed by atoms with Crippen LogP contribution in [0.25, 0.3) is 0 Å². The summed E-state index contributed by atoms with van der Waals surface area (Å²) in [5.74, 6) is 0.268. The lowest BCUT2D eigenvalue weighted by atomic mass is 9.91. The van der Waals surface area contributed by atoms with Crippen molar-refractivity contribution in [3.8, 4) is 0 Å². The number of thiocarbonyl (C=S) groups is 1. The Morgan fingerprint density at radius 2 is 1.84 bits per heavy atom. The molecule has 2 heterocycles. The molecular formula is C17H15NS. The average Bonchev–Trinajstić information content (AvgIpc) is 2.76. The fraction of sp³-hybridized carbons (Fsp3) is 0.235. The van der Waals surface area contributed by atoms with Crippen LogP contribution in [0.15, 0.2) is 48.5 Å². The van der Waals surface area contributed by atoms with Gasteiger partial charge in [0.05, 0.1) is 10.9 Å². The van der Waals surface area contributed by atoms with Gasteiger partial charge >= 0.3 is 0 Å². The molecule has 4 rings (SSSR count). The van der Waals surface area contributed by atoms with Crippen molar-refractivity contribution in [2.75, 3.05) is 11.4 Å². The van der Waals surface area contributed by atoms with E-state index in [-0.39, 0.29) is 5.92 Å². The Morgan fingerprint density at radius 1 is 1.00 bits per heavy atom. The number of hydrogen-bond donors (Lipinski definition) is 0. The van der Waals surface area contributed by atoms with Gasteiger partial charge in [0.25, 0.3) is 0 Å². The quantitative estimate of drug-likeness (QED) is 0.719. The third kappa shape index (κ3) is 1.56. The van der Waals surface area contributed by atoms with Crippen LogP contribution in [0.1, 0.15) is 29.0 Å². The van der Waals surface area contributed by atoms with E-state index in [1.54, 1.807) is 0 Å². The van der Waals surface area contributed by atoms with Gasteiger partial charge in [0.2, 0.25) is 0 Å². The lowest BCUT2D eigenvalue weighted by Gasteiger charge is -2.27. The van der Waals surface area contributed by atoms with E-state index in [1.165, 1.54) is 35.2 Å². The first-order valence-electron chi connectivity index (χ1n) is 6.84. The van der Waals surface area contributed by atoms with Crippen LogP contribution in [-0.4, -0.2) is 11.5 Å². The monoisotopic (exact) mass is 265 g/mol. The third-order valence-electron chi connectivity index (χ3n) is 4.21. The maximum absolute atomic E-state index is 5.77. The molecule has 0 spiro atoms. The Bertz CT molecular complexity index is 648. The molecule has 0 fully saturated rings. The molecule has 2 aromatic carbocycles. The van der Waals surface area contributed by atoms with Crippen LogP contribution >= 0.6 is 12.2 Å². The molecule has 2 aliphatic heterocycles. The minimum absolute atomic E-state index is 0.268. The van der Waals surface area contributed by atoms with Crippen molar-refractivity contribution in [3.63, 3.8) is 0 Å². The van der Waals surface area contributed by atoms with Crippen LogP contribution in [0.4, 0.5) is 5.69 Å². The molecule has 0 saturated heterocycles. The van der Waals surface area contributed by atoms with E-state index in [1.807, 2.05) is 0 Å². The predicted molar refractivity (Wildman–Crippen MR) is 83.0 cm³/mol. The molecule has 0 unspecified atom stereocenters. The predicted octanol–water partition coefficient (Wildman–Crippen LogP) is 3.91. The van der Waals surface area contributed by atoms with Gasteiger partial charge < -0.3 is 4.90 Å². The summed E-state index contributed by atoms with van der Waals surface area (Å²) in [6.45, 7) is 1.08. The number of hydrogen-bond acceptors (Lipinski definition) is 1. The van der Waals surface area contributed by atoms with Crippen LogP contribution in [0.3, 0.4) is 0 Å². The van der Waals surface area contributed by atoms with Gasteiger partial charge in [-0.25, -0.2) is 0 Å². The number of aryl methyl sites for hydroxylation is 1. The zero-order chi connectivity index (χ0) is 12.8. The van der Waals surface area contributed by atoms with E-state index in [0.29, 0.717) is 0 Å². The molecule has 19 heavy (non-hydrogen) atoms. The second kappa shape index (κ2) is 4.17. The largest absolute Gasteiger partial charge is 0.335 e. The van der Waals surface area contributed by atoms with Gasteiger partial charge in [-0.3, -0.25) is 0 Å². The summed E-state index contributed by atoms with van der Waals surface area (Å²) in [4.78, 5) is 3.44. The first-order chi connectivity index (χ1) is 9.36. The summed E-state index contributed by atoms with van der Waals surface area (Å²) in [5.41, 5.74) is 5.57. The summed E-state index contributed by atoms with van der Waals surface area (Å²) in [6, 6.07) is 17.3. The number of rotatable bonds is 1. The minimum atomic E-state index is 0.268. The number of nitrogens with zero attached hydrogens (tertiary/aromatic N) is 1. The Balaban J connectivity index is 1.93. The molecule has 0 aliphatic carbocycles. The molecule has 2 heteroatoms. The normalized spacial score (nSPS) is 20.5. The second-order valence-electron chi connectivity index (χ2n) is 5.29. The zero-order valence-electron chi connectivity index (χ0n) is 10.7. The molecule has 0 aromatic heterocycles. The van der Waals surface area contributed by atoms with Gasteiger partial charge in [-0.1, -0.05) is 60.7 Å². The van der Waals surface area contributed by atoms with Gasteiger partial charge in [0.1, 0.15) is 0 Å². The molecule has 0 bridgehead atoms. The van der Waals surface area contributed by atoms with Gasteiger partial charge in [0.15, 0.2) is 0 Å². The van der Waals surface area contributed by atoms with E-state index in [0.717, 1.165) is 11.5 Å². The first-order valence-corrected chi connectivity index (χ1v) is 7.25. The highest BCUT2D eigenvalue weighted by Crippen LogP contribution is 2.45. The highest BCUT2D eigenvalue weighted by molar-refractivity contribution is 7.80. The fourth-order valence-electron chi connectivity index (χ4n) is 3.39. The van der Waals surface area contributed by atoms with Crippen molar-refractivity contribution in [2.24, 2.45) is 0 Å². The van der Waals surface area contributed by atoms with Gasteiger partial charge in [-0.2, -0.15) is 0 Å². The smallest absolute Gasteiger partial charge is 0.0945 e. The topological polar surface area (TPSA) is 3.24 Å². The van der Waals surface area contributed by atoms with Crippen LogP contribution in [0.2, 0.25) is 0 Å². The highest BCUT2D eigenvalue weighted by Gasteiger charge is 2.37. The summed E-state index contributed by atoms with van der Waals surface area (Å²) in [6.07, 6.45) is 2.39. The van der Waals surface area contributed by atoms with Crippen LogP contribution in [0.5, 0.6) is 0 Å². The lowest BCUT2D eigenvalue weighted by Crippen LogP contribution is -2.31. The fourth-order valence-corrected chi connectivity index (χ4v) is 3.84. The van der Waals surface area contributed by atoms with Crippen molar-refractivity contribution >= 4 is 22.9 Å². The second-order valence-corrected chi connectivity index (χ2v) is 5.71. The van der Waals surface area contributed by atoms with Crippen molar-refractivity contribution < 1.29 is 0 Å². The third-order valence-corrected chi connectivity index (χ3v) is 4.66. The summed E-state index contributed by atoms with van der Waals surface area (Å²) in [5, 5.41) is 0. The molecule has 2 aromatic rings. The molecule has 2 aliphatic rings. The maximum Gasteiger partial charge on any atom is 0.0945 e. The van der Waals surface area contributed by atoms with Crippen LogP contribution in [0, 0.1) is 0 Å². The van der Waals surface area contributed by atoms with E-state index >= 15 is 0 Å². The van der Waals surface area contributed by atoms with Crippen molar-refractivity contribution in [1.82, 2.24) is 0 Å². The molecule has 1 nitrogen and oxygen atoms in total. The van der Waals surface area contributed by atoms with Gasteiger partial charge in [-0.15, -0.1) is 0 Å². The summed E-state index contributed by atoms with van der Waals surface area (Å²) < 4.78 is 0. The Hall–Kier alpha value is -1.67. The summed E-state index contributed by atoms with van der Waals surface area (Å²) in [7, 11) is 0. The standard InChI is InChI=1S/C17H15NS/c19-17-15(12-6-2-1-3-7-12)14-10-4-8-13-9-5-11-18(17)16(13)14/h1-4,6-8,10,15H,5,9,11H2/t15-/m1/s1. The first kappa shape index (κ1) is 11.2. The van der Waals surface area contributed by atoms with E-state index in [2.05, 4.69) is 53.4 Å². The molecule has 1 atom stereocenters. The van der Waals surface area contributed by atoms with Crippen molar-refractivity contribution in [2.45, 2.75) is 18.8 Å². The van der Waals surface area contributed by atoms with E-state index in [4.69, 9.17) is 12.2 Å². The van der Waals surface area contributed by atoms with Gasteiger partial charge in [0, 0.05) is 12.2 Å². The van der Waals surface area contributed by atoms with Crippen molar-refractivity contribution in [3.05, 3.63) is 65.2 Å². The molecule has 0 radical (unpaired) electrons. The zero-order valence-corrected chi connectivity index (χ0v) is 11.5. The Morgan fingerprint density at radius 3 is 2.68 bits per heavy atom. The SMILES string of the molecule is S=C1[C@H](c2ccccc2)c2cccc3c2N1CCC3. The molecule has 94 valence electrons. The molecule has 0 N–H and O–H groups in total. The van der Waals surface area contributed by atoms with Crippen molar-refractivity contribution in [1.29, 1.82) is 0 Å². The number of para-hydroxylation sites is 1. The van der Waals surface area contributed by atoms with E-state index < -0.39 is 0 Å². The van der Waals surface area contributed by atoms with Crippen LogP contribution in [-0.2, 0) is 6.42 Å². The maximum atomic E-state index is 5.77. The minimum Gasteiger partial charge on any atom is -0.335 e. The lowest BCUT2D eigenvalue weighted by molar-refractivity contribution is 0.786. The van der Waals surface area contributed by atoms with E-state index in [9.17, 15) is 0 Å². The van der Waals surface area contributed by atoms with Crippen LogP contribution < -0.4 is 4.90 Å².